The average molecular weight is 168 g/mol. The fraction of sp³-hybridized carbons (Fsp3) is 1.00. The molecule has 2 fully saturated rings. The lowest BCUT2D eigenvalue weighted by Gasteiger charge is -2.23. The molecule has 1 heterocycles. The SMILES string of the molecule is C1CCC(C[C@@H]2CCCO2)CC1. The zero-order valence-corrected chi connectivity index (χ0v) is 7.93. The van der Waals surface area contributed by atoms with Crippen LogP contribution in [-0.4, -0.2) is 12.7 Å². The molecule has 0 radical (unpaired) electrons. The molecule has 0 bridgehead atoms. The predicted octanol–water partition coefficient (Wildman–Crippen LogP) is 3.14. The predicted molar refractivity (Wildman–Crippen MR) is 50.2 cm³/mol. The van der Waals surface area contributed by atoms with Crippen molar-refractivity contribution in [2.45, 2.75) is 57.5 Å². The minimum atomic E-state index is 0.632. The fourth-order valence-corrected chi connectivity index (χ4v) is 2.62. The maximum Gasteiger partial charge on any atom is 0.0578 e. The first-order valence-electron chi connectivity index (χ1n) is 5.57. The molecule has 0 aromatic rings. The van der Waals surface area contributed by atoms with Crippen LogP contribution in [0.3, 0.4) is 0 Å². The van der Waals surface area contributed by atoms with Gasteiger partial charge in [-0.1, -0.05) is 32.1 Å². The summed E-state index contributed by atoms with van der Waals surface area (Å²) in [7, 11) is 0. The van der Waals surface area contributed by atoms with Gasteiger partial charge in [-0.05, 0) is 25.2 Å². The highest BCUT2D eigenvalue weighted by atomic mass is 16.5. The van der Waals surface area contributed by atoms with Crippen LogP contribution in [0.1, 0.15) is 51.4 Å². The number of hydrogen-bond donors (Lipinski definition) is 0. The lowest BCUT2D eigenvalue weighted by molar-refractivity contribution is 0.0831. The molecule has 0 unspecified atom stereocenters. The van der Waals surface area contributed by atoms with Crippen molar-refractivity contribution in [3.8, 4) is 0 Å². The fourth-order valence-electron chi connectivity index (χ4n) is 2.62. The Bertz CT molecular complexity index is 121. The molecule has 1 atom stereocenters. The second-order valence-corrected chi connectivity index (χ2v) is 4.37. The minimum absolute atomic E-state index is 0.632. The zero-order chi connectivity index (χ0) is 8.23. The Morgan fingerprint density at radius 3 is 2.42 bits per heavy atom. The van der Waals surface area contributed by atoms with Crippen LogP contribution in [0.4, 0.5) is 0 Å². The Hall–Kier alpha value is -0.0400. The largest absolute Gasteiger partial charge is 0.378 e. The molecule has 0 spiro atoms. The van der Waals surface area contributed by atoms with E-state index in [0.29, 0.717) is 6.10 Å². The smallest absolute Gasteiger partial charge is 0.0578 e. The summed E-state index contributed by atoms with van der Waals surface area (Å²) in [4.78, 5) is 0. The maximum atomic E-state index is 5.66. The van der Waals surface area contributed by atoms with Crippen molar-refractivity contribution in [3.63, 3.8) is 0 Å². The van der Waals surface area contributed by atoms with Gasteiger partial charge in [0.25, 0.3) is 0 Å². The molecule has 70 valence electrons. The molecule has 1 aliphatic heterocycles. The molecule has 12 heavy (non-hydrogen) atoms. The summed E-state index contributed by atoms with van der Waals surface area (Å²) in [5, 5.41) is 0. The van der Waals surface area contributed by atoms with E-state index >= 15 is 0 Å². The van der Waals surface area contributed by atoms with E-state index in [1.807, 2.05) is 0 Å². The van der Waals surface area contributed by atoms with E-state index in [1.165, 1.54) is 51.4 Å². The molecule has 2 rings (SSSR count). The van der Waals surface area contributed by atoms with E-state index in [4.69, 9.17) is 4.74 Å². The van der Waals surface area contributed by atoms with Crippen LogP contribution < -0.4 is 0 Å². The summed E-state index contributed by atoms with van der Waals surface area (Å²) in [6.45, 7) is 1.03. The average Bonchev–Trinajstić information content (AvgIpc) is 2.59. The standard InChI is InChI=1S/C11H20O/c1-2-5-10(6-3-1)9-11-7-4-8-12-11/h10-11H,1-9H2/t11-/m0/s1. The lowest BCUT2D eigenvalue weighted by atomic mass is 9.85. The topological polar surface area (TPSA) is 9.23 Å². The summed E-state index contributed by atoms with van der Waals surface area (Å²) in [5.74, 6) is 1.00. The first-order valence-corrected chi connectivity index (χ1v) is 5.57. The van der Waals surface area contributed by atoms with Crippen molar-refractivity contribution in [1.82, 2.24) is 0 Å². The van der Waals surface area contributed by atoms with Crippen LogP contribution in [0.25, 0.3) is 0 Å². The van der Waals surface area contributed by atoms with Gasteiger partial charge < -0.3 is 4.74 Å². The summed E-state index contributed by atoms with van der Waals surface area (Å²) in [6, 6.07) is 0. The van der Waals surface area contributed by atoms with Crippen LogP contribution in [0.5, 0.6) is 0 Å². The summed E-state index contributed by atoms with van der Waals surface area (Å²) in [5.41, 5.74) is 0. The van der Waals surface area contributed by atoms with Crippen LogP contribution >= 0.6 is 0 Å². The number of ether oxygens (including phenoxy) is 1. The van der Waals surface area contributed by atoms with Crippen molar-refractivity contribution in [1.29, 1.82) is 0 Å². The monoisotopic (exact) mass is 168 g/mol. The first kappa shape index (κ1) is 8.55. The highest BCUT2D eigenvalue weighted by Gasteiger charge is 2.21. The van der Waals surface area contributed by atoms with Crippen LogP contribution in [0.15, 0.2) is 0 Å². The van der Waals surface area contributed by atoms with Gasteiger partial charge in [-0.3, -0.25) is 0 Å². The normalized spacial score (nSPS) is 32.5. The van der Waals surface area contributed by atoms with Gasteiger partial charge in [0.2, 0.25) is 0 Å². The second-order valence-electron chi connectivity index (χ2n) is 4.37. The molecule has 1 aliphatic carbocycles. The minimum Gasteiger partial charge on any atom is -0.378 e. The van der Waals surface area contributed by atoms with Crippen molar-refractivity contribution < 1.29 is 4.74 Å². The third-order valence-corrected chi connectivity index (χ3v) is 3.34. The number of hydrogen-bond acceptors (Lipinski definition) is 1. The van der Waals surface area contributed by atoms with Gasteiger partial charge in [0, 0.05) is 6.61 Å². The van der Waals surface area contributed by atoms with E-state index in [9.17, 15) is 0 Å². The first-order chi connectivity index (χ1) is 5.95. The Morgan fingerprint density at radius 2 is 1.75 bits per heavy atom. The molecule has 0 aromatic carbocycles. The highest BCUT2D eigenvalue weighted by Crippen LogP contribution is 2.30. The van der Waals surface area contributed by atoms with Gasteiger partial charge >= 0.3 is 0 Å². The van der Waals surface area contributed by atoms with Gasteiger partial charge in [-0.2, -0.15) is 0 Å². The van der Waals surface area contributed by atoms with Crippen LogP contribution in [0.2, 0.25) is 0 Å². The molecule has 1 saturated heterocycles. The maximum absolute atomic E-state index is 5.66. The summed E-state index contributed by atoms with van der Waals surface area (Å²) >= 11 is 0. The molecular formula is C11H20O. The van der Waals surface area contributed by atoms with Gasteiger partial charge in [-0.15, -0.1) is 0 Å². The Labute approximate surface area is 75.5 Å². The molecule has 1 nitrogen and oxygen atoms in total. The zero-order valence-electron chi connectivity index (χ0n) is 7.93. The molecule has 2 aliphatic rings. The van der Waals surface area contributed by atoms with Crippen molar-refractivity contribution in [3.05, 3.63) is 0 Å². The quantitative estimate of drug-likeness (QED) is 0.615. The van der Waals surface area contributed by atoms with E-state index in [0.717, 1.165) is 12.5 Å². The third kappa shape index (κ3) is 2.22. The Kier molecular flexibility index (Phi) is 3.04. The van der Waals surface area contributed by atoms with Crippen molar-refractivity contribution in [2.75, 3.05) is 6.61 Å². The third-order valence-electron chi connectivity index (χ3n) is 3.34. The Balaban J connectivity index is 1.69. The molecule has 0 N–H and O–H groups in total. The highest BCUT2D eigenvalue weighted by molar-refractivity contribution is 4.73. The molecule has 0 aromatic heterocycles. The summed E-state index contributed by atoms with van der Waals surface area (Å²) in [6.07, 6.45) is 12.0. The summed E-state index contributed by atoms with van der Waals surface area (Å²) < 4.78 is 5.66. The lowest BCUT2D eigenvalue weighted by Crippen LogP contribution is -2.15. The molecule has 1 saturated carbocycles. The molecule has 1 heteroatoms. The second kappa shape index (κ2) is 4.27. The van der Waals surface area contributed by atoms with Gasteiger partial charge in [-0.25, -0.2) is 0 Å². The number of rotatable bonds is 2. The van der Waals surface area contributed by atoms with Crippen LogP contribution in [-0.2, 0) is 4.74 Å². The van der Waals surface area contributed by atoms with Crippen LogP contribution in [0, 0.1) is 5.92 Å². The van der Waals surface area contributed by atoms with E-state index < -0.39 is 0 Å². The Morgan fingerprint density at radius 1 is 0.917 bits per heavy atom. The van der Waals surface area contributed by atoms with E-state index in [-0.39, 0.29) is 0 Å². The van der Waals surface area contributed by atoms with Crippen molar-refractivity contribution >= 4 is 0 Å². The van der Waals surface area contributed by atoms with E-state index in [2.05, 4.69) is 0 Å². The van der Waals surface area contributed by atoms with Gasteiger partial charge in [0.05, 0.1) is 6.10 Å². The van der Waals surface area contributed by atoms with Crippen molar-refractivity contribution in [2.24, 2.45) is 5.92 Å². The van der Waals surface area contributed by atoms with E-state index in [1.54, 1.807) is 0 Å². The molecular weight excluding hydrogens is 148 g/mol. The van der Waals surface area contributed by atoms with Gasteiger partial charge in [0.1, 0.15) is 0 Å². The molecule has 0 amide bonds. The van der Waals surface area contributed by atoms with Gasteiger partial charge in [0.15, 0.2) is 0 Å².